The van der Waals surface area contributed by atoms with Gasteiger partial charge in [0.05, 0.1) is 6.34 Å². The van der Waals surface area contributed by atoms with Gasteiger partial charge in [0.15, 0.2) is 0 Å². The molecule has 0 atom stereocenters. The van der Waals surface area contributed by atoms with Gasteiger partial charge in [0.1, 0.15) is 0 Å². The molecule has 0 rings (SSSR count). The van der Waals surface area contributed by atoms with Gasteiger partial charge < -0.3 is 4.90 Å². The van der Waals surface area contributed by atoms with Crippen LogP contribution in [0.5, 0.6) is 0 Å². The quantitative estimate of drug-likeness (QED) is 0.226. The Labute approximate surface area is 193 Å². The van der Waals surface area contributed by atoms with Crippen molar-refractivity contribution in [1.82, 2.24) is 4.90 Å². The number of aliphatic imine (C=N–C) groups is 1. The van der Waals surface area contributed by atoms with Gasteiger partial charge in [0.25, 0.3) is 0 Å². The molecular formula is C29H48N2. The summed E-state index contributed by atoms with van der Waals surface area (Å²) in [6, 6.07) is 0. The summed E-state index contributed by atoms with van der Waals surface area (Å²) in [6.45, 7) is 34.8. The van der Waals surface area contributed by atoms with E-state index in [9.17, 15) is 0 Å². The van der Waals surface area contributed by atoms with Crippen LogP contribution in [0.1, 0.15) is 83.1 Å². The highest BCUT2D eigenvalue weighted by molar-refractivity contribution is 5.61. The van der Waals surface area contributed by atoms with Crippen molar-refractivity contribution in [2.45, 2.75) is 83.1 Å². The van der Waals surface area contributed by atoms with Crippen molar-refractivity contribution < 1.29 is 0 Å². The van der Waals surface area contributed by atoms with Crippen LogP contribution >= 0.6 is 0 Å². The Kier molecular flexibility index (Phi) is 10.2. The van der Waals surface area contributed by atoms with Gasteiger partial charge in [0, 0.05) is 18.9 Å². The second-order valence-electron chi connectivity index (χ2n) is 11.5. The number of nitrogens with zero attached hydrogens (tertiary/aromatic N) is 2. The molecule has 0 heterocycles. The molecular weight excluding hydrogens is 376 g/mol. The third-order valence-electron chi connectivity index (χ3n) is 5.59. The van der Waals surface area contributed by atoms with Crippen LogP contribution < -0.4 is 0 Å². The highest BCUT2D eigenvalue weighted by Crippen LogP contribution is 2.39. The summed E-state index contributed by atoms with van der Waals surface area (Å²) in [5, 5.41) is 0. The Hall–Kier alpha value is -2.09. The number of hydrogen-bond acceptors (Lipinski definition) is 1. The summed E-state index contributed by atoms with van der Waals surface area (Å²) >= 11 is 0. The molecule has 31 heavy (non-hydrogen) atoms. The smallest absolute Gasteiger partial charge is 0.0946 e. The second kappa shape index (κ2) is 11.0. The second-order valence-corrected chi connectivity index (χ2v) is 11.5. The molecule has 0 aromatic heterocycles. The Balaban J connectivity index is 6.23. The summed E-state index contributed by atoms with van der Waals surface area (Å²) in [7, 11) is 2.03. The van der Waals surface area contributed by atoms with Crippen LogP contribution in [0.4, 0.5) is 0 Å². The van der Waals surface area contributed by atoms with Crippen LogP contribution in [0.3, 0.4) is 0 Å². The number of hydrogen-bond donors (Lipinski definition) is 0. The minimum atomic E-state index is -0.0288. The van der Waals surface area contributed by atoms with Gasteiger partial charge in [-0.05, 0) is 71.5 Å². The largest absolute Gasteiger partial charge is 0.336 e. The first-order valence-corrected chi connectivity index (χ1v) is 11.2. The molecule has 0 bridgehead atoms. The molecule has 0 unspecified atom stereocenters. The Bertz CT molecular complexity index is 804. The zero-order chi connectivity index (χ0) is 24.8. The molecule has 2 heteroatoms. The summed E-state index contributed by atoms with van der Waals surface area (Å²) < 4.78 is 0. The lowest BCUT2D eigenvalue weighted by Gasteiger charge is -2.31. The molecule has 2 nitrogen and oxygen atoms in total. The van der Waals surface area contributed by atoms with Crippen molar-refractivity contribution >= 4 is 6.34 Å². The topological polar surface area (TPSA) is 15.6 Å². The van der Waals surface area contributed by atoms with Crippen molar-refractivity contribution in [1.29, 1.82) is 0 Å². The van der Waals surface area contributed by atoms with Crippen molar-refractivity contribution in [2.24, 2.45) is 21.2 Å². The molecule has 0 aliphatic heterocycles. The van der Waals surface area contributed by atoms with E-state index in [-0.39, 0.29) is 16.2 Å². The van der Waals surface area contributed by atoms with Gasteiger partial charge >= 0.3 is 0 Å². The fraction of sp³-hybridized carbons (Fsp3) is 0.552. The molecule has 0 aromatic carbocycles. The van der Waals surface area contributed by atoms with Crippen LogP contribution in [0, 0.1) is 16.2 Å². The van der Waals surface area contributed by atoms with Crippen LogP contribution in [0.2, 0.25) is 0 Å². The average molecular weight is 425 g/mol. The molecule has 0 aromatic rings. The van der Waals surface area contributed by atoms with E-state index >= 15 is 0 Å². The van der Waals surface area contributed by atoms with Gasteiger partial charge in [0.2, 0.25) is 0 Å². The zero-order valence-electron chi connectivity index (χ0n) is 22.7. The Morgan fingerprint density at radius 1 is 0.774 bits per heavy atom. The highest BCUT2D eigenvalue weighted by atomic mass is 15.1. The Morgan fingerprint density at radius 3 is 1.68 bits per heavy atom. The maximum atomic E-state index is 4.70. The number of rotatable bonds is 7. The van der Waals surface area contributed by atoms with Crippen LogP contribution in [0.15, 0.2) is 76.1 Å². The van der Waals surface area contributed by atoms with Crippen molar-refractivity contribution in [3.05, 3.63) is 71.1 Å². The van der Waals surface area contributed by atoms with Crippen molar-refractivity contribution in [3.63, 3.8) is 0 Å². The Morgan fingerprint density at radius 2 is 1.29 bits per heavy atom. The fourth-order valence-electron chi connectivity index (χ4n) is 2.61. The number of allylic oxidation sites excluding steroid dienone is 8. The summed E-state index contributed by atoms with van der Waals surface area (Å²) in [5.74, 6) is 0. The van der Waals surface area contributed by atoms with Crippen LogP contribution in [-0.4, -0.2) is 18.3 Å². The minimum Gasteiger partial charge on any atom is -0.336 e. The van der Waals surface area contributed by atoms with E-state index < -0.39 is 0 Å². The summed E-state index contributed by atoms with van der Waals surface area (Å²) in [4.78, 5) is 6.75. The molecule has 0 fully saturated rings. The monoisotopic (exact) mass is 424 g/mol. The van der Waals surface area contributed by atoms with Gasteiger partial charge in [-0.1, -0.05) is 87.1 Å². The molecule has 0 amide bonds. The molecule has 0 aliphatic rings. The molecule has 0 N–H and O–H groups in total. The van der Waals surface area contributed by atoms with Gasteiger partial charge in [-0.3, -0.25) is 0 Å². The lowest BCUT2D eigenvalue weighted by molar-refractivity contribution is 0.446. The molecule has 0 saturated heterocycles. The van der Waals surface area contributed by atoms with Gasteiger partial charge in [-0.25, -0.2) is 4.99 Å². The number of likely N-dealkylation sites (N-methyl/N-ethyl adjacent to an activating group) is 1. The first kappa shape index (κ1) is 28.9. The maximum Gasteiger partial charge on any atom is 0.0946 e. The normalized spacial score (nSPS) is 15.5. The fourth-order valence-corrected chi connectivity index (χ4v) is 2.61. The standard InChI is InChI=1S/C29H48N2/c1-16-21(2)22(3)17-25(18-23(4)27(6,7)8)31(15)20-30-19-26(29(12,13)14)24(5)28(9,10)11/h16-20H,4-5H2,1-3,6-15H3/b21-16+,22-17+,25-18+,26-19+,30-20+. The van der Waals surface area contributed by atoms with E-state index in [1.807, 2.05) is 19.6 Å². The first-order chi connectivity index (χ1) is 13.8. The molecule has 0 radical (unpaired) electrons. The first-order valence-electron chi connectivity index (χ1n) is 11.2. The van der Waals surface area contributed by atoms with E-state index in [0.29, 0.717) is 0 Å². The van der Waals surface area contributed by atoms with Crippen molar-refractivity contribution in [3.8, 4) is 0 Å². The third-order valence-corrected chi connectivity index (χ3v) is 5.59. The van der Waals surface area contributed by atoms with Crippen LogP contribution in [0.25, 0.3) is 0 Å². The maximum absolute atomic E-state index is 4.70. The zero-order valence-corrected chi connectivity index (χ0v) is 22.7. The predicted octanol–water partition coefficient (Wildman–Crippen LogP) is 8.88. The van der Waals surface area contributed by atoms with E-state index in [4.69, 9.17) is 4.99 Å². The molecule has 0 saturated carbocycles. The SMILES string of the molecule is C=C(\C=C(/C=C(C)/C(C)=C/C)N(C)/C=N/C=C(\C(=C)C(C)(C)C)C(C)(C)C)C(C)(C)C. The lowest BCUT2D eigenvalue weighted by Crippen LogP contribution is -2.20. The lowest BCUT2D eigenvalue weighted by atomic mass is 9.74. The molecule has 0 spiro atoms. The van der Waals surface area contributed by atoms with E-state index in [0.717, 1.165) is 16.8 Å². The molecule has 174 valence electrons. The highest BCUT2D eigenvalue weighted by Gasteiger charge is 2.26. The van der Waals surface area contributed by atoms with Crippen LogP contribution in [-0.2, 0) is 0 Å². The molecule has 0 aliphatic carbocycles. The van der Waals surface area contributed by atoms with E-state index in [1.54, 1.807) is 0 Å². The van der Waals surface area contributed by atoms with E-state index in [2.05, 4.69) is 119 Å². The van der Waals surface area contributed by atoms with Crippen molar-refractivity contribution in [2.75, 3.05) is 7.05 Å². The van der Waals surface area contributed by atoms with Gasteiger partial charge in [-0.15, -0.1) is 0 Å². The summed E-state index contributed by atoms with van der Waals surface area (Å²) in [6.07, 6.45) is 10.3. The van der Waals surface area contributed by atoms with E-state index in [1.165, 1.54) is 16.7 Å². The average Bonchev–Trinajstić information content (AvgIpc) is 2.60. The summed E-state index contributed by atoms with van der Waals surface area (Å²) in [5.41, 5.74) is 6.89. The minimum absolute atomic E-state index is 0.0000871. The predicted molar refractivity (Wildman–Crippen MR) is 142 cm³/mol. The van der Waals surface area contributed by atoms with Gasteiger partial charge in [-0.2, -0.15) is 0 Å². The third kappa shape index (κ3) is 9.72.